The second-order valence-electron chi connectivity index (χ2n) is 4.88. The van der Waals surface area contributed by atoms with Gasteiger partial charge in [0, 0.05) is 13.7 Å². The van der Waals surface area contributed by atoms with Crippen LogP contribution in [0.4, 0.5) is 4.39 Å². The Morgan fingerprint density at radius 1 is 1.30 bits per heavy atom. The zero-order valence-electron chi connectivity index (χ0n) is 12.5. The Kier molecular flexibility index (Phi) is 9.71. The molecule has 1 aromatic carbocycles. The average Bonchev–Trinajstić information content (AvgIpc) is 2.46. The van der Waals surface area contributed by atoms with E-state index in [9.17, 15) is 4.39 Å². The zero-order valence-corrected chi connectivity index (χ0v) is 13.3. The summed E-state index contributed by atoms with van der Waals surface area (Å²) < 4.78 is 18.0. The molecule has 1 rings (SSSR count). The molecule has 1 atom stereocenters. The Morgan fingerprint density at radius 3 is 2.70 bits per heavy atom. The first-order chi connectivity index (χ1) is 9.76. The number of nitrogens with one attached hydrogen (secondary N) is 1. The summed E-state index contributed by atoms with van der Waals surface area (Å²) in [5.74, 6) is 2.79. The van der Waals surface area contributed by atoms with Crippen molar-refractivity contribution in [3.05, 3.63) is 35.6 Å². The fourth-order valence-electron chi connectivity index (χ4n) is 2.10. The van der Waals surface area contributed by atoms with Crippen LogP contribution in [0.25, 0.3) is 0 Å². The number of thioether (sulfide) groups is 1. The molecule has 0 amide bonds. The molecule has 0 aliphatic rings. The Morgan fingerprint density at radius 2 is 2.05 bits per heavy atom. The van der Waals surface area contributed by atoms with Gasteiger partial charge in [0.1, 0.15) is 5.82 Å². The third kappa shape index (κ3) is 7.88. The number of methoxy groups -OCH3 is 1. The average molecular weight is 299 g/mol. The number of rotatable bonds is 11. The van der Waals surface area contributed by atoms with Crippen molar-refractivity contribution in [2.24, 2.45) is 5.92 Å². The van der Waals surface area contributed by atoms with Crippen molar-refractivity contribution < 1.29 is 9.13 Å². The van der Waals surface area contributed by atoms with Gasteiger partial charge >= 0.3 is 0 Å². The van der Waals surface area contributed by atoms with Crippen LogP contribution in [0.1, 0.15) is 18.9 Å². The minimum absolute atomic E-state index is 0.162. The van der Waals surface area contributed by atoms with Gasteiger partial charge in [-0.3, -0.25) is 0 Å². The Balaban J connectivity index is 2.41. The van der Waals surface area contributed by atoms with E-state index in [1.807, 2.05) is 23.9 Å². The lowest BCUT2D eigenvalue weighted by Gasteiger charge is -2.17. The summed E-state index contributed by atoms with van der Waals surface area (Å²) in [4.78, 5) is 0. The second-order valence-corrected chi connectivity index (χ2v) is 6.27. The molecule has 0 aromatic heterocycles. The first kappa shape index (κ1) is 17.5. The Hall–Kier alpha value is -0.580. The van der Waals surface area contributed by atoms with Crippen LogP contribution in [0, 0.1) is 11.7 Å². The van der Waals surface area contributed by atoms with Crippen LogP contribution in [0.5, 0.6) is 0 Å². The Labute approximate surface area is 126 Å². The normalized spacial score (nSPS) is 12.6. The van der Waals surface area contributed by atoms with Gasteiger partial charge in [0.05, 0.1) is 6.61 Å². The molecule has 1 aromatic rings. The highest BCUT2D eigenvalue weighted by Crippen LogP contribution is 2.15. The largest absolute Gasteiger partial charge is 0.383 e. The highest BCUT2D eigenvalue weighted by atomic mass is 32.2. The summed E-state index contributed by atoms with van der Waals surface area (Å²) in [6, 6.07) is 6.88. The molecule has 0 radical (unpaired) electrons. The molecular weight excluding hydrogens is 273 g/mol. The predicted molar refractivity (Wildman–Crippen MR) is 86.0 cm³/mol. The first-order valence-electron chi connectivity index (χ1n) is 7.28. The fraction of sp³-hybridized carbons (Fsp3) is 0.625. The monoisotopic (exact) mass is 299 g/mol. The third-order valence-electron chi connectivity index (χ3n) is 3.23. The van der Waals surface area contributed by atoms with Crippen molar-refractivity contribution in [2.75, 3.05) is 38.3 Å². The molecule has 0 spiro atoms. The second kappa shape index (κ2) is 11.1. The molecule has 0 bridgehead atoms. The lowest BCUT2D eigenvalue weighted by atomic mass is 9.97. The molecule has 0 aliphatic heterocycles. The van der Waals surface area contributed by atoms with Crippen molar-refractivity contribution in [1.82, 2.24) is 5.32 Å². The molecule has 1 N–H and O–H groups in total. The summed E-state index contributed by atoms with van der Waals surface area (Å²) in [6.45, 7) is 4.81. The molecule has 2 nitrogen and oxygen atoms in total. The van der Waals surface area contributed by atoms with Gasteiger partial charge in [-0.25, -0.2) is 4.39 Å². The predicted octanol–water partition coefficient (Wildman–Crippen LogP) is 3.36. The zero-order chi connectivity index (χ0) is 14.6. The first-order valence-corrected chi connectivity index (χ1v) is 8.43. The highest BCUT2D eigenvalue weighted by Gasteiger charge is 2.09. The minimum Gasteiger partial charge on any atom is -0.383 e. The Bertz CT molecular complexity index is 345. The lowest BCUT2D eigenvalue weighted by molar-refractivity contribution is 0.197. The smallest absolute Gasteiger partial charge is 0.123 e. The summed E-state index contributed by atoms with van der Waals surface area (Å²) >= 11 is 1.98. The fourth-order valence-corrected chi connectivity index (χ4v) is 2.89. The molecular formula is C16H26FNOS. The number of ether oxygens (including phenoxy) is 1. The van der Waals surface area contributed by atoms with E-state index in [-0.39, 0.29) is 5.82 Å². The van der Waals surface area contributed by atoms with Crippen LogP contribution in [0.2, 0.25) is 0 Å². The van der Waals surface area contributed by atoms with E-state index in [2.05, 4.69) is 12.2 Å². The van der Waals surface area contributed by atoms with Crippen LogP contribution in [0.3, 0.4) is 0 Å². The van der Waals surface area contributed by atoms with E-state index in [0.29, 0.717) is 5.92 Å². The third-order valence-corrected chi connectivity index (χ3v) is 4.16. The van der Waals surface area contributed by atoms with E-state index in [0.717, 1.165) is 26.1 Å². The molecule has 0 saturated carbocycles. The van der Waals surface area contributed by atoms with Gasteiger partial charge in [0.15, 0.2) is 0 Å². The molecule has 0 aliphatic carbocycles. The van der Waals surface area contributed by atoms with E-state index in [1.165, 1.54) is 23.5 Å². The van der Waals surface area contributed by atoms with E-state index < -0.39 is 0 Å². The van der Waals surface area contributed by atoms with Gasteiger partial charge in [-0.15, -0.1) is 0 Å². The van der Waals surface area contributed by atoms with E-state index >= 15 is 0 Å². The van der Waals surface area contributed by atoms with Gasteiger partial charge in [-0.1, -0.05) is 19.1 Å². The maximum Gasteiger partial charge on any atom is 0.123 e. The number of hydrogen-bond donors (Lipinski definition) is 1. The minimum atomic E-state index is -0.162. The van der Waals surface area contributed by atoms with Crippen LogP contribution in [0.15, 0.2) is 24.3 Å². The van der Waals surface area contributed by atoms with Gasteiger partial charge in [-0.05, 0) is 54.5 Å². The van der Waals surface area contributed by atoms with Crippen LogP contribution in [-0.2, 0) is 11.2 Å². The van der Waals surface area contributed by atoms with Crippen LogP contribution < -0.4 is 5.32 Å². The molecule has 0 heterocycles. The van der Waals surface area contributed by atoms with Gasteiger partial charge < -0.3 is 10.1 Å². The summed E-state index contributed by atoms with van der Waals surface area (Å²) in [5, 5.41) is 3.44. The van der Waals surface area contributed by atoms with Crippen molar-refractivity contribution in [3.63, 3.8) is 0 Å². The topological polar surface area (TPSA) is 21.3 Å². The van der Waals surface area contributed by atoms with Crippen molar-refractivity contribution in [2.45, 2.75) is 19.8 Å². The molecule has 114 valence electrons. The maximum atomic E-state index is 12.9. The summed E-state index contributed by atoms with van der Waals surface area (Å²) in [6.07, 6.45) is 2.19. The van der Waals surface area contributed by atoms with Crippen molar-refractivity contribution in [3.8, 4) is 0 Å². The number of hydrogen-bond acceptors (Lipinski definition) is 3. The van der Waals surface area contributed by atoms with Crippen molar-refractivity contribution in [1.29, 1.82) is 0 Å². The summed E-state index contributed by atoms with van der Waals surface area (Å²) in [7, 11) is 1.72. The SMILES string of the molecule is CCSCCC(CNCCOC)Cc1ccc(F)cc1. The summed E-state index contributed by atoms with van der Waals surface area (Å²) in [5.41, 5.74) is 1.21. The molecule has 0 saturated heterocycles. The van der Waals surface area contributed by atoms with Crippen LogP contribution in [-0.4, -0.2) is 38.3 Å². The lowest BCUT2D eigenvalue weighted by Crippen LogP contribution is -2.27. The number of benzene rings is 1. The van der Waals surface area contributed by atoms with Gasteiger partial charge in [0.2, 0.25) is 0 Å². The molecule has 1 unspecified atom stereocenters. The molecule has 0 fully saturated rings. The quantitative estimate of drug-likeness (QED) is 0.633. The molecule has 20 heavy (non-hydrogen) atoms. The number of halogens is 1. The van der Waals surface area contributed by atoms with E-state index in [1.54, 1.807) is 19.2 Å². The van der Waals surface area contributed by atoms with Gasteiger partial charge in [0.25, 0.3) is 0 Å². The molecule has 4 heteroatoms. The van der Waals surface area contributed by atoms with Crippen molar-refractivity contribution >= 4 is 11.8 Å². The van der Waals surface area contributed by atoms with E-state index in [4.69, 9.17) is 4.74 Å². The van der Waals surface area contributed by atoms with Gasteiger partial charge in [-0.2, -0.15) is 11.8 Å². The van der Waals surface area contributed by atoms with Crippen LogP contribution >= 0.6 is 11.8 Å². The maximum absolute atomic E-state index is 12.9. The highest BCUT2D eigenvalue weighted by molar-refractivity contribution is 7.99. The standard InChI is InChI=1S/C16H26FNOS/c1-3-20-11-8-15(13-18-9-10-19-2)12-14-4-6-16(17)7-5-14/h4-7,15,18H,3,8-13H2,1-2H3.